The van der Waals surface area contributed by atoms with Crippen molar-refractivity contribution in [3.8, 4) is 22.2 Å². The Labute approximate surface area is 196 Å². The Morgan fingerprint density at radius 1 is 1.21 bits per heavy atom. The molecule has 1 amide bonds. The van der Waals surface area contributed by atoms with Crippen molar-refractivity contribution in [2.24, 2.45) is 0 Å². The molecule has 7 nitrogen and oxygen atoms in total. The summed E-state index contributed by atoms with van der Waals surface area (Å²) in [4.78, 5) is 20.9. The second-order valence-corrected chi connectivity index (χ2v) is 10.2. The molecule has 0 N–H and O–H groups in total. The fraction of sp³-hybridized carbons (Fsp3) is 0.480. The van der Waals surface area contributed by atoms with Crippen LogP contribution in [0.3, 0.4) is 0 Å². The first-order chi connectivity index (χ1) is 16.1. The second-order valence-electron chi connectivity index (χ2n) is 9.26. The summed E-state index contributed by atoms with van der Waals surface area (Å²) in [6.45, 7) is 4.02. The van der Waals surface area contributed by atoms with Gasteiger partial charge < -0.3 is 18.9 Å². The number of fused-ring (bicyclic) bond motifs is 3. The number of ether oxygens (including phenoxy) is 2. The molecule has 8 heteroatoms. The van der Waals surface area contributed by atoms with Gasteiger partial charge in [-0.2, -0.15) is 4.98 Å². The Hall–Kier alpha value is -2.87. The first kappa shape index (κ1) is 20.7. The summed E-state index contributed by atoms with van der Waals surface area (Å²) in [7, 11) is 0. The molecule has 1 spiro atoms. The maximum absolute atomic E-state index is 13.4. The van der Waals surface area contributed by atoms with Gasteiger partial charge in [-0.15, -0.1) is 11.3 Å². The number of carbonyl (C=O) groups excluding carboxylic acids is 1. The number of nitrogens with zero attached hydrogens (tertiary/aromatic N) is 3. The van der Waals surface area contributed by atoms with Crippen molar-refractivity contribution in [1.29, 1.82) is 0 Å². The molecule has 2 aliphatic heterocycles. The highest BCUT2D eigenvalue weighted by Crippen LogP contribution is 2.52. The number of aromatic nitrogens is 2. The first-order valence-electron chi connectivity index (χ1n) is 11.7. The van der Waals surface area contributed by atoms with Gasteiger partial charge in [0.05, 0.1) is 10.9 Å². The molecule has 0 saturated heterocycles. The van der Waals surface area contributed by atoms with E-state index in [-0.39, 0.29) is 17.4 Å². The molecule has 0 unspecified atom stereocenters. The Bertz CT molecular complexity index is 1170. The lowest BCUT2D eigenvalue weighted by Crippen LogP contribution is -2.48. The zero-order valence-corrected chi connectivity index (χ0v) is 19.5. The topological polar surface area (TPSA) is 77.7 Å². The molecule has 1 fully saturated rings. The molecule has 1 atom stereocenters. The zero-order chi connectivity index (χ0) is 22.4. The minimum atomic E-state index is -0.0149. The molecule has 33 heavy (non-hydrogen) atoms. The number of rotatable bonds is 4. The van der Waals surface area contributed by atoms with Crippen LogP contribution in [0.2, 0.25) is 0 Å². The van der Waals surface area contributed by atoms with Crippen LogP contribution in [-0.4, -0.2) is 40.7 Å². The monoisotopic (exact) mass is 465 g/mol. The van der Waals surface area contributed by atoms with Crippen molar-refractivity contribution in [2.45, 2.75) is 56.9 Å². The SMILES string of the molecule is C[C@H]1c2cc3c(cc2C2(CCCC2)CN1C(=O)CCc1nc(-c2cccs2)no1)OCCO3. The van der Waals surface area contributed by atoms with Gasteiger partial charge in [-0.25, -0.2) is 0 Å². The van der Waals surface area contributed by atoms with Gasteiger partial charge in [0.15, 0.2) is 11.5 Å². The Morgan fingerprint density at radius 2 is 2.00 bits per heavy atom. The summed E-state index contributed by atoms with van der Waals surface area (Å²) in [5.74, 6) is 2.86. The molecule has 0 bridgehead atoms. The van der Waals surface area contributed by atoms with E-state index in [0.717, 1.165) is 35.8 Å². The van der Waals surface area contributed by atoms with Gasteiger partial charge in [0.2, 0.25) is 17.6 Å². The number of aryl methyl sites for hydroxylation is 1. The van der Waals surface area contributed by atoms with E-state index in [1.807, 2.05) is 17.5 Å². The summed E-state index contributed by atoms with van der Waals surface area (Å²) in [5, 5.41) is 6.05. The molecular formula is C25H27N3O4S. The van der Waals surface area contributed by atoms with Gasteiger partial charge in [0.25, 0.3) is 0 Å². The number of thiophene rings is 1. The smallest absolute Gasteiger partial charge is 0.227 e. The third-order valence-corrected chi connectivity index (χ3v) is 8.19. The highest BCUT2D eigenvalue weighted by Gasteiger charge is 2.46. The molecule has 2 aromatic heterocycles. The van der Waals surface area contributed by atoms with Gasteiger partial charge in [-0.1, -0.05) is 24.1 Å². The molecule has 172 valence electrons. The van der Waals surface area contributed by atoms with Gasteiger partial charge in [0.1, 0.15) is 13.2 Å². The van der Waals surface area contributed by atoms with Crippen LogP contribution in [0.1, 0.15) is 62.1 Å². The second kappa shape index (κ2) is 8.17. The molecule has 1 saturated carbocycles. The van der Waals surface area contributed by atoms with Crippen LogP contribution in [0.25, 0.3) is 10.7 Å². The molecule has 0 radical (unpaired) electrons. The maximum Gasteiger partial charge on any atom is 0.227 e. The standard InChI is InChI=1S/C25H27N3O4S/c1-16-17-13-19-20(31-11-10-30-19)14-18(17)25(8-2-3-9-25)15-28(16)23(29)7-6-22-26-24(27-32-22)21-5-4-12-33-21/h4-5,12-14,16H,2-3,6-11,15H2,1H3/t16-/m0/s1. The molecule has 3 aliphatic rings. The van der Waals surface area contributed by atoms with Crippen molar-refractivity contribution < 1.29 is 18.8 Å². The minimum Gasteiger partial charge on any atom is -0.486 e. The summed E-state index contributed by atoms with van der Waals surface area (Å²) in [6, 6.07) is 8.21. The van der Waals surface area contributed by atoms with Crippen LogP contribution in [0.5, 0.6) is 11.5 Å². The highest BCUT2D eigenvalue weighted by atomic mass is 32.1. The van der Waals surface area contributed by atoms with Gasteiger partial charge >= 0.3 is 0 Å². The first-order valence-corrected chi connectivity index (χ1v) is 12.6. The van der Waals surface area contributed by atoms with Crippen molar-refractivity contribution in [2.75, 3.05) is 19.8 Å². The van der Waals surface area contributed by atoms with E-state index in [1.165, 1.54) is 24.0 Å². The Kier molecular flexibility index (Phi) is 5.13. The quantitative estimate of drug-likeness (QED) is 0.544. The number of hydrogen-bond donors (Lipinski definition) is 0. The maximum atomic E-state index is 13.4. The predicted octanol–water partition coefficient (Wildman–Crippen LogP) is 4.92. The average Bonchev–Trinajstić information content (AvgIpc) is 3.61. The predicted molar refractivity (Wildman–Crippen MR) is 124 cm³/mol. The molecule has 4 heterocycles. The van der Waals surface area contributed by atoms with Crippen molar-refractivity contribution >= 4 is 17.2 Å². The molecule has 3 aromatic rings. The lowest BCUT2D eigenvalue weighted by molar-refractivity contribution is -0.135. The number of carbonyl (C=O) groups is 1. The molecule has 1 aromatic carbocycles. The third kappa shape index (κ3) is 3.60. The normalized spacial score (nSPS) is 20.8. The Morgan fingerprint density at radius 3 is 2.76 bits per heavy atom. The van der Waals surface area contributed by atoms with E-state index >= 15 is 0 Å². The minimum absolute atomic E-state index is 0.00414. The summed E-state index contributed by atoms with van der Waals surface area (Å²) in [6.07, 6.45) is 5.39. The summed E-state index contributed by atoms with van der Waals surface area (Å²) < 4.78 is 17.2. The van der Waals surface area contributed by atoms with E-state index in [9.17, 15) is 4.79 Å². The van der Waals surface area contributed by atoms with E-state index in [2.05, 4.69) is 34.1 Å². The molecular weight excluding hydrogens is 438 g/mol. The van der Waals surface area contributed by atoms with E-state index in [0.29, 0.717) is 37.8 Å². The van der Waals surface area contributed by atoms with E-state index in [1.54, 1.807) is 11.3 Å². The number of hydrogen-bond acceptors (Lipinski definition) is 7. The lowest BCUT2D eigenvalue weighted by atomic mass is 9.71. The van der Waals surface area contributed by atoms with Gasteiger partial charge in [-0.3, -0.25) is 4.79 Å². The van der Waals surface area contributed by atoms with E-state index < -0.39 is 0 Å². The van der Waals surface area contributed by atoms with Crippen molar-refractivity contribution in [1.82, 2.24) is 15.0 Å². The van der Waals surface area contributed by atoms with Crippen LogP contribution in [-0.2, 0) is 16.6 Å². The largest absolute Gasteiger partial charge is 0.486 e. The third-order valence-electron chi connectivity index (χ3n) is 7.32. The zero-order valence-electron chi connectivity index (χ0n) is 18.7. The average molecular weight is 466 g/mol. The van der Waals surface area contributed by atoms with Crippen molar-refractivity contribution in [3.63, 3.8) is 0 Å². The Balaban J connectivity index is 1.24. The van der Waals surface area contributed by atoms with Crippen LogP contribution in [0, 0.1) is 0 Å². The molecule has 6 rings (SSSR count). The fourth-order valence-corrected chi connectivity index (χ4v) is 6.28. The van der Waals surface area contributed by atoms with Crippen LogP contribution in [0.4, 0.5) is 0 Å². The summed E-state index contributed by atoms with van der Waals surface area (Å²) >= 11 is 1.57. The fourth-order valence-electron chi connectivity index (χ4n) is 5.63. The van der Waals surface area contributed by atoms with Crippen molar-refractivity contribution in [3.05, 3.63) is 46.7 Å². The van der Waals surface area contributed by atoms with Gasteiger partial charge in [-0.05, 0) is 54.5 Å². The lowest BCUT2D eigenvalue weighted by Gasteiger charge is -2.46. The summed E-state index contributed by atoms with van der Waals surface area (Å²) in [5.41, 5.74) is 2.54. The van der Waals surface area contributed by atoms with Gasteiger partial charge in [0, 0.05) is 24.8 Å². The number of amides is 1. The number of benzene rings is 1. The molecule has 1 aliphatic carbocycles. The highest BCUT2D eigenvalue weighted by molar-refractivity contribution is 7.13. The van der Waals surface area contributed by atoms with Crippen LogP contribution < -0.4 is 9.47 Å². The van der Waals surface area contributed by atoms with Crippen LogP contribution in [0.15, 0.2) is 34.2 Å². The van der Waals surface area contributed by atoms with Crippen LogP contribution >= 0.6 is 11.3 Å². The van der Waals surface area contributed by atoms with E-state index in [4.69, 9.17) is 14.0 Å².